The maximum absolute atomic E-state index is 13.4. The van der Waals surface area contributed by atoms with Gasteiger partial charge in [-0.2, -0.15) is 0 Å². The minimum atomic E-state index is -0.821. The van der Waals surface area contributed by atoms with Crippen molar-refractivity contribution in [2.24, 2.45) is 0 Å². The molecule has 7 nitrogen and oxygen atoms in total. The number of hydrogen-bond donors (Lipinski definition) is 2. The molecule has 1 aliphatic rings. The van der Waals surface area contributed by atoms with E-state index in [4.69, 9.17) is 14.2 Å². The molecule has 3 aromatic carbocycles. The third-order valence-electron chi connectivity index (χ3n) is 6.03. The Kier molecular flexibility index (Phi) is 9.08. The van der Waals surface area contributed by atoms with Crippen molar-refractivity contribution in [1.29, 1.82) is 0 Å². The van der Waals surface area contributed by atoms with E-state index in [-0.39, 0.29) is 30.8 Å². The second kappa shape index (κ2) is 12.9. The highest BCUT2D eigenvalue weighted by atomic mass is 16.6. The number of epoxide rings is 1. The van der Waals surface area contributed by atoms with Gasteiger partial charge in [0.1, 0.15) is 18.8 Å². The first kappa shape index (κ1) is 25.4. The Hall–Kier alpha value is -3.68. The van der Waals surface area contributed by atoms with Crippen molar-refractivity contribution in [2.75, 3.05) is 6.61 Å². The maximum Gasteiger partial charge on any atom is 0.408 e. The molecule has 0 aliphatic carbocycles. The van der Waals surface area contributed by atoms with Gasteiger partial charge in [0.25, 0.3) is 0 Å². The number of rotatable bonds is 12. The number of carbonyl (C=O) groups is 2. The molecule has 0 bridgehead atoms. The van der Waals surface area contributed by atoms with E-state index in [0.717, 1.165) is 16.7 Å². The molecule has 36 heavy (non-hydrogen) atoms. The number of amides is 2. The molecule has 1 aliphatic heterocycles. The lowest BCUT2D eigenvalue weighted by atomic mass is 10.0. The van der Waals surface area contributed by atoms with Crippen LogP contribution in [0.15, 0.2) is 91.0 Å². The zero-order valence-electron chi connectivity index (χ0n) is 20.3. The summed E-state index contributed by atoms with van der Waals surface area (Å²) in [4.78, 5) is 26.0. The molecule has 7 heteroatoms. The van der Waals surface area contributed by atoms with Crippen LogP contribution in [0.4, 0.5) is 4.79 Å². The van der Waals surface area contributed by atoms with Gasteiger partial charge in [-0.3, -0.25) is 4.79 Å². The molecule has 3 aromatic rings. The molecule has 2 N–H and O–H groups in total. The summed E-state index contributed by atoms with van der Waals surface area (Å²) < 4.78 is 16.9. The highest BCUT2D eigenvalue weighted by molar-refractivity contribution is 5.86. The van der Waals surface area contributed by atoms with Gasteiger partial charge in [0.2, 0.25) is 5.91 Å². The summed E-state index contributed by atoms with van der Waals surface area (Å²) in [6.45, 7) is 3.02. The summed E-state index contributed by atoms with van der Waals surface area (Å²) in [6, 6.07) is 27.7. The van der Waals surface area contributed by atoms with E-state index < -0.39 is 12.1 Å². The van der Waals surface area contributed by atoms with E-state index in [1.165, 1.54) is 0 Å². The molecular formula is C29H32N2O5. The van der Waals surface area contributed by atoms with Crippen LogP contribution >= 0.6 is 0 Å². The molecule has 2 amide bonds. The molecule has 0 aromatic heterocycles. The minimum absolute atomic E-state index is 0.120. The summed E-state index contributed by atoms with van der Waals surface area (Å²) >= 11 is 0. The van der Waals surface area contributed by atoms with Crippen LogP contribution in [0.3, 0.4) is 0 Å². The van der Waals surface area contributed by atoms with Gasteiger partial charge < -0.3 is 24.8 Å². The first-order valence-electron chi connectivity index (χ1n) is 12.2. The third kappa shape index (κ3) is 7.93. The molecule has 1 fully saturated rings. The predicted molar refractivity (Wildman–Crippen MR) is 136 cm³/mol. The summed E-state index contributed by atoms with van der Waals surface area (Å²) in [6.07, 6.45) is -0.737. The largest absolute Gasteiger partial charge is 0.445 e. The van der Waals surface area contributed by atoms with Crippen molar-refractivity contribution in [3.8, 4) is 0 Å². The van der Waals surface area contributed by atoms with E-state index in [1.807, 2.05) is 97.9 Å². The van der Waals surface area contributed by atoms with Gasteiger partial charge in [-0.25, -0.2) is 4.79 Å². The lowest BCUT2D eigenvalue weighted by Crippen LogP contribution is -2.55. The second-order valence-electron chi connectivity index (χ2n) is 8.86. The van der Waals surface area contributed by atoms with Crippen LogP contribution in [0, 0.1) is 0 Å². The van der Waals surface area contributed by atoms with E-state index >= 15 is 0 Å². The van der Waals surface area contributed by atoms with Crippen LogP contribution in [0.5, 0.6) is 0 Å². The first-order chi connectivity index (χ1) is 17.6. The fourth-order valence-corrected chi connectivity index (χ4v) is 3.91. The van der Waals surface area contributed by atoms with Crippen molar-refractivity contribution < 1.29 is 23.8 Å². The van der Waals surface area contributed by atoms with Gasteiger partial charge in [-0.05, 0) is 23.6 Å². The van der Waals surface area contributed by atoms with E-state index in [0.29, 0.717) is 19.6 Å². The fourth-order valence-electron chi connectivity index (χ4n) is 3.91. The van der Waals surface area contributed by atoms with Crippen molar-refractivity contribution in [3.05, 3.63) is 108 Å². The van der Waals surface area contributed by atoms with E-state index in [1.54, 1.807) is 0 Å². The smallest absolute Gasteiger partial charge is 0.408 e. The van der Waals surface area contributed by atoms with Gasteiger partial charge in [0.05, 0.1) is 25.4 Å². The van der Waals surface area contributed by atoms with Crippen molar-refractivity contribution in [3.63, 3.8) is 0 Å². The molecule has 0 radical (unpaired) electrons. The number of nitrogens with one attached hydrogen (secondary N) is 2. The number of carbonyl (C=O) groups excluding carboxylic acids is 2. The number of alkyl carbamates (subject to hydrolysis) is 1. The minimum Gasteiger partial charge on any atom is -0.445 e. The van der Waals surface area contributed by atoms with Crippen LogP contribution in [0.2, 0.25) is 0 Å². The highest BCUT2D eigenvalue weighted by Gasteiger charge is 2.39. The Morgan fingerprint density at radius 1 is 0.833 bits per heavy atom. The van der Waals surface area contributed by atoms with Crippen molar-refractivity contribution in [1.82, 2.24) is 10.6 Å². The van der Waals surface area contributed by atoms with Crippen molar-refractivity contribution in [2.45, 2.75) is 50.8 Å². The lowest BCUT2D eigenvalue weighted by Gasteiger charge is -2.27. The predicted octanol–water partition coefficient (Wildman–Crippen LogP) is 4.01. The Balaban J connectivity index is 1.38. The first-order valence-corrected chi connectivity index (χ1v) is 12.2. The molecule has 188 valence electrons. The normalized spacial score (nSPS) is 16.9. The average molecular weight is 489 g/mol. The number of ether oxygens (including phenoxy) is 3. The average Bonchev–Trinajstić information content (AvgIpc) is 3.76. The molecule has 0 unspecified atom stereocenters. The van der Waals surface area contributed by atoms with Crippen LogP contribution in [-0.4, -0.2) is 42.9 Å². The molecular weight excluding hydrogens is 456 g/mol. The topological polar surface area (TPSA) is 89.2 Å². The van der Waals surface area contributed by atoms with E-state index in [2.05, 4.69) is 10.6 Å². The zero-order valence-corrected chi connectivity index (χ0v) is 20.3. The van der Waals surface area contributed by atoms with Gasteiger partial charge in [-0.15, -0.1) is 0 Å². The van der Waals surface area contributed by atoms with Crippen LogP contribution in [-0.2, 0) is 38.6 Å². The van der Waals surface area contributed by atoms with Crippen LogP contribution in [0.25, 0.3) is 0 Å². The Labute approximate surface area is 211 Å². The van der Waals surface area contributed by atoms with Crippen molar-refractivity contribution >= 4 is 12.0 Å². The number of hydrogen-bond acceptors (Lipinski definition) is 5. The fraction of sp³-hybridized carbons (Fsp3) is 0.310. The highest BCUT2D eigenvalue weighted by Crippen LogP contribution is 2.20. The van der Waals surface area contributed by atoms with Gasteiger partial charge in [0, 0.05) is 6.42 Å². The Bertz CT molecular complexity index is 1090. The van der Waals surface area contributed by atoms with Gasteiger partial charge in [-0.1, -0.05) is 91.0 Å². The quantitative estimate of drug-likeness (QED) is 0.376. The SMILES string of the molecule is C[C@H](OCc1ccccc1)[C@H](NC(=O)[C@H](Cc1ccccc1)NC(=O)OCc1ccccc1)[C@@H]1CO1. The summed E-state index contributed by atoms with van der Waals surface area (Å²) in [7, 11) is 0. The van der Waals surface area contributed by atoms with Gasteiger partial charge in [0.15, 0.2) is 0 Å². The Morgan fingerprint density at radius 2 is 1.36 bits per heavy atom. The number of benzene rings is 3. The summed E-state index contributed by atoms with van der Waals surface area (Å²) in [5, 5.41) is 5.80. The molecule has 1 heterocycles. The molecule has 0 spiro atoms. The maximum atomic E-state index is 13.4. The zero-order chi connectivity index (χ0) is 25.2. The van der Waals surface area contributed by atoms with Crippen LogP contribution in [0.1, 0.15) is 23.6 Å². The summed E-state index contributed by atoms with van der Waals surface area (Å²) in [5.74, 6) is -0.314. The standard InChI is InChI=1S/C29H32N2O5/c1-21(34-18-23-13-7-3-8-14-23)27(26-20-35-26)31-28(32)25(17-22-11-5-2-6-12-22)30-29(33)36-19-24-15-9-4-10-16-24/h2-16,21,25-27H,17-20H2,1H3,(H,30,33)(H,31,32)/t21-,25-,26-,27-/m0/s1. The van der Waals surface area contributed by atoms with E-state index in [9.17, 15) is 9.59 Å². The van der Waals surface area contributed by atoms with Crippen LogP contribution < -0.4 is 10.6 Å². The van der Waals surface area contributed by atoms with Gasteiger partial charge >= 0.3 is 6.09 Å². The summed E-state index contributed by atoms with van der Waals surface area (Å²) in [5.41, 5.74) is 2.84. The molecule has 4 atom stereocenters. The lowest BCUT2D eigenvalue weighted by molar-refractivity contribution is -0.125. The second-order valence-corrected chi connectivity index (χ2v) is 8.86. The molecule has 0 saturated carbocycles. The molecule has 4 rings (SSSR count). The Morgan fingerprint density at radius 3 is 1.92 bits per heavy atom. The third-order valence-corrected chi connectivity index (χ3v) is 6.03. The monoisotopic (exact) mass is 488 g/mol. The molecule has 1 saturated heterocycles.